The van der Waals surface area contributed by atoms with Crippen molar-refractivity contribution in [2.45, 2.75) is 19.0 Å². The summed E-state index contributed by atoms with van der Waals surface area (Å²) in [4.78, 5) is 12.5. The zero-order valence-electron chi connectivity index (χ0n) is 16.1. The van der Waals surface area contributed by atoms with Crippen LogP contribution in [0.5, 0.6) is 0 Å². The molecule has 0 aliphatic carbocycles. The molecule has 1 amide bonds. The quantitative estimate of drug-likeness (QED) is 0.412. The Balaban J connectivity index is 1.98. The number of pyridine rings is 1. The van der Waals surface area contributed by atoms with Crippen LogP contribution in [0.3, 0.4) is 0 Å². The third-order valence-corrected chi connectivity index (χ3v) is 5.06. The molecule has 0 unspecified atom stereocenters. The zero-order valence-corrected chi connectivity index (χ0v) is 17.7. The average molecular weight is 468 g/mol. The summed E-state index contributed by atoms with van der Waals surface area (Å²) in [6, 6.07) is 14.9. The lowest BCUT2D eigenvalue weighted by Crippen LogP contribution is -2.37. The minimum atomic E-state index is -4.28. The maximum atomic E-state index is 12.5. The molecule has 0 spiro atoms. The fourth-order valence-corrected chi connectivity index (χ4v) is 3.32. The number of carbonyl (C=O) groups excluding carboxylic acids is 1. The highest BCUT2D eigenvalue weighted by Crippen LogP contribution is 2.30. The number of rotatable bonds is 5. The van der Waals surface area contributed by atoms with E-state index in [4.69, 9.17) is 28.6 Å². The van der Waals surface area contributed by atoms with E-state index in [1.807, 2.05) is 0 Å². The molecule has 0 saturated carbocycles. The molecule has 0 atom stereocenters. The van der Waals surface area contributed by atoms with Gasteiger partial charge >= 0.3 is 12.2 Å². The van der Waals surface area contributed by atoms with Crippen LogP contribution < -0.4 is 10.8 Å². The molecule has 0 aliphatic rings. The number of carbonyl (C=O) groups is 1. The molecular formula is C22H18Cl2F3N3O. The van der Waals surface area contributed by atoms with Gasteiger partial charge in [-0.15, -0.1) is 0 Å². The maximum absolute atomic E-state index is 12.5. The van der Waals surface area contributed by atoms with Gasteiger partial charge in [-0.2, -0.15) is 13.2 Å². The smallest absolute Gasteiger partial charge is 0.337 e. The van der Waals surface area contributed by atoms with E-state index in [0.29, 0.717) is 26.7 Å². The third kappa shape index (κ3) is 5.89. The van der Waals surface area contributed by atoms with Gasteiger partial charge < -0.3 is 5.32 Å². The predicted molar refractivity (Wildman–Crippen MR) is 115 cm³/mol. The van der Waals surface area contributed by atoms with Crippen molar-refractivity contribution in [2.75, 3.05) is 6.54 Å². The maximum Gasteiger partial charge on any atom is 0.389 e. The average Bonchev–Trinajstić information content (AvgIpc) is 2.71. The number of nitrogens with one attached hydrogen (secondary N) is 2. The number of nitrogens with zero attached hydrogens (tertiary/aromatic N) is 1. The van der Waals surface area contributed by atoms with Gasteiger partial charge in [0.2, 0.25) is 0 Å². The number of alkyl halides is 3. The van der Waals surface area contributed by atoms with Crippen LogP contribution in [0.2, 0.25) is 10.0 Å². The molecule has 9 heteroatoms. The molecule has 4 nitrogen and oxygen atoms in total. The molecule has 0 bridgehead atoms. The van der Waals surface area contributed by atoms with Crippen molar-refractivity contribution in [1.29, 1.82) is 5.41 Å². The number of hydrogen-bond acceptors (Lipinski definition) is 2. The Bertz CT molecular complexity index is 1120. The predicted octanol–water partition coefficient (Wildman–Crippen LogP) is 6.51. The first-order valence-corrected chi connectivity index (χ1v) is 10.1. The summed E-state index contributed by atoms with van der Waals surface area (Å²) in [5, 5.41) is 12.2. The van der Waals surface area contributed by atoms with Gasteiger partial charge in [0.25, 0.3) is 0 Å². The van der Waals surface area contributed by atoms with E-state index in [1.165, 1.54) is 6.20 Å². The lowest BCUT2D eigenvalue weighted by Gasteiger charge is -2.15. The number of benzene rings is 2. The van der Waals surface area contributed by atoms with Gasteiger partial charge in [-0.05, 0) is 53.4 Å². The van der Waals surface area contributed by atoms with Crippen LogP contribution in [-0.2, 0) is 0 Å². The van der Waals surface area contributed by atoms with Crippen LogP contribution >= 0.6 is 23.2 Å². The monoisotopic (exact) mass is 467 g/mol. The summed E-state index contributed by atoms with van der Waals surface area (Å²) in [6.07, 6.45) is -4.08. The third-order valence-electron chi connectivity index (χ3n) is 4.56. The van der Waals surface area contributed by atoms with Crippen LogP contribution in [-0.4, -0.2) is 23.3 Å². The van der Waals surface area contributed by atoms with Gasteiger partial charge in [-0.1, -0.05) is 47.5 Å². The highest BCUT2D eigenvalue weighted by atomic mass is 35.5. The van der Waals surface area contributed by atoms with Crippen molar-refractivity contribution in [3.63, 3.8) is 0 Å². The molecule has 0 fully saturated rings. The minimum Gasteiger partial charge on any atom is -0.337 e. The SMILES string of the molecule is N=c1c(-c2ccc(Cl)cc2)c(-c2ccc(Cl)cc2)ccn1C(=O)NCCCC(F)(F)F. The Morgan fingerprint density at radius 2 is 1.48 bits per heavy atom. The first kappa shape index (κ1) is 22.9. The van der Waals surface area contributed by atoms with Crippen molar-refractivity contribution in [3.05, 3.63) is 76.3 Å². The second kappa shape index (κ2) is 9.58. The summed E-state index contributed by atoms with van der Waals surface area (Å²) in [5.41, 5.74) is 2.53. The number of hydrogen-bond donors (Lipinski definition) is 2. The number of halogens is 5. The van der Waals surface area contributed by atoms with Crippen molar-refractivity contribution in [2.24, 2.45) is 0 Å². The van der Waals surface area contributed by atoms with E-state index in [-0.39, 0.29) is 18.5 Å². The molecule has 1 heterocycles. The van der Waals surface area contributed by atoms with Crippen LogP contribution in [0, 0.1) is 5.41 Å². The molecule has 3 rings (SSSR count). The first-order valence-electron chi connectivity index (χ1n) is 9.33. The molecule has 3 aromatic rings. The second-order valence-corrected chi connectivity index (χ2v) is 7.66. The van der Waals surface area contributed by atoms with E-state index >= 15 is 0 Å². The first-order chi connectivity index (χ1) is 14.7. The lowest BCUT2D eigenvalue weighted by molar-refractivity contribution is -0.135. The van der Waals surface area contributed by atoms with Crippen LogP contribution in [0.4, 0.5) is 18.0 Å². The van der Waals surface area contributed by atoms with E-state index in [0.717, 1.165) is 10.1 Å². The van der Waals surface area contributed by atoms with E-state index in [9.17, 15) is 18.0 Å². The minimum absolute atomic E-state index is 0.108. The molecule has 0 aliphatic heterocycles. The van der Waals surface area contributed by atoms with Crippen LogP contribution in [0.15, 0.2) is 60.8 Å². The highest BCUT2D eigenvalue weighted by Gasteiger charge is 2.26. The fraction of sp³-hybridized carbons (Fsp3) is 0.182. The Labute approximate surface area is 186 Å². The van der Waals surface area contributed by atoms with Crippen LogP contribution in [0.25, 0.3) is 22.3 Å². The molecule has 162 valence electrons. The van der Waals surface area contributed by atoms with Gasteiger partial charge in [0, 0.05) is 34.8 Å². The lowest BCUT2D eigenvalue weighted by atomic mass is 9.96. The van der Waals surface area contributed by atoms with Crippen molar-refractivity contribution >= 4 is 29.2 Å². The largest absolute Gasteiger partial charge is 0.389 e. The van der Waals surface area contributed by atoms with Crippen molar-refractivity contribution in [1.82, 2.24) is 9.88 Å². The van der Waals surface area contributed by atoms with Crippen molar-refractivity contribution in [3.8, 4) is 22.3 Å². The van der Waals surface area contributed by atoms with Crippen LogP contribution in [0.1, 0.15) is 12.8 Å². The molecule has 31 heavy (non-hydrogen) atoms. The van der Waals surface area contributed by atoms with Crippen molar-refractivity contribution < 1.29 is 18.0 Å². The normalized spacial score (nSPS) is 11.4. The molecular weight excluding hydrogens is 450 g/mol. The highest BCUT2D eigenvalue weighted by molar-refractivity contribution is 6.31. The zero-order chi connectivity index (χ0) is 22.6. The van der Waals surface area contributed by atoms with Gasteiger partial charge in [-0.3, -0.25) is 9.98 Å². The number of aromatic nitrogens is 1. The Kier molecular flexibility index (Phi) is 7.08. The summed E-state index contributed by atoms with van der Waals surface area (Å²) >= 11 is 12.0. The Morgan fingerprint density at radius 1 is 0.935 bits per heavy atom. The Hall–Kier alpha value is -2.77. The standard InChI is InChI=1S/C22H18Cl2F3N3O/c23-16-6-2-14(3-7-16)18-10-13-30(21(31)29-12-1-11-22(25,26)27)20(28)19(18)15-4-8-17(24)9-5-15/h2-10,13,28H,1,11-12H2,(H,29,31). The Morgan fingerprint density at radius 3 is 2.03 bits per heavy atom. The number of amides is 1. The topological polar surface area (TPSA) is 57.9 Å². The summed E-state index contributed by atoms with van der Waals surface area (Å²) in [7, 11) is 0. The van der Waals surface area contributed by atoms with E-state index in [1.54, 1.807) is 54.6 Å². The van der Waals surface area contributed by atoms with E-state index in [2.05, 4.69) is 5.32 Å². The summed E-state index contributed by atoms with van der Waals surface area (Å²) in [5.74, 6) is 0. The summed E-state index contributed by atoms with van der Waals surface area (Å²) < 4.78 is 38.0. The molecule has 0 saturated heterocycles. The fourth-order valence-electron chi connectivity index (χ4n) is 3.07. The molecule has 0 radical (unpaired) electrons. The van der Waals surface area contributed by atoms with Gasteiger partial charge in [0.05, 0.1) is 0 Å². The molecule has 2 aromatic carbocycles. The van der Waals surface area contributed by atoms with Gasteiger partial charge in [-0.25, -0.2) is 4.79 Å². The molecule has 2 N–H and O–H groups in total. The van der Waals surface area contributed by atoms with E-state index < -0.39 is 18.6 Å². The molecule has 1 aromatic heterocycles. The van der Waals surface area contributed by atoms with Gasteiger partial charge in [0.15, 0.2) is 0 Å². The van der Waals surface area contributed by atoms with Gasteiger partial charge in [0.1, 0.15) is 5.49 Å². The summed E-state index contributed by atoms with van der Waals surface area (Å²) in [6.45, 7) is -0.153. The second-order valence-electron chi connectivity index (χ2n) is 6.79.